The molecule has 1 amide bonds. The lowest BCUT2D eigenvalue weighted by Gasteiger charge is -2.19. The molecular weight excluding hydrogens is 332 g/mol. The Morgan fingerprint density at radius 1 is 1.04 bits per heavy atom. The van der Waals surface area contributed by atoms with Crippen molar-refractivity contribution in [3.8, 4) is 17.2 Å². The number of nitrogens with one attached hydrogen (secondary N) is 2. The van der Waals surface area contributed by atoms with E-state index in [0.717, 1.165) is 16.8 Å². The predicted molar refractivity (Wildman–Crippen MR) is 102 cm³/mol. The smallest absolute Gasteiger partial charge is 0.221 e. The van der Waals surface area contributed by atoms with E-state index >= 15 is 0 Å². The molecule has 2 aromatic carbocycles. The SMILES string of the molecule is COc1ccc(CNC(C)c2cccc(NC(C)=O)c2)c(OC)c1OC. The van der Waals surface area contributed by atoms with Crippen LogP contribution in [0.5, 0.6) is 17.2 Å². The predicted octanol–water partition coefficient (Wildman–Crippen LogP) is 3.52. The molecule has 2 N–H and O–H groups in total. The first-order chi connectivity index (χ1) is 12.5. The molecule has 0 bridgehead atoms. The van der Waals surface area contributed by atoms with Crippen LogP contribution in [-0.2, 0) is 11.3 Å². The molecule has 2 aromatic rings. The van der Waals surface area contributed by atoms with E-state index in [1.165, 1.54) is 6.92 Å². The van der Waals surface area contributed by atoms with Crippen molar-refractivity contribution >= 4 is 11.6 Å². The van der Waals surface area contributed by atoms with Crippen molar-refractivity contribution in [1.29, 1.82) is 0 Å². The molecule has 0 aliphatic carbocycles. The van der Waals surface area contributed by atoms with Crippen LogP contribution in [0.15, 0.2) is 36.4 Å². The number of methoxy groups -OCH3 is 3. The second-order valence-corrected chi connectivity index (χ2v) is 5.90. The van der Waals surface area contributed by atoms with Gasteiger partial charge in [-0.1, -0.05) is 18.2 Å². The van der Waals surface area contributed by atoms with Gasteiger partial charge in [0.25, 0.3) is 0 Å². The summed E-state index contributed by atoms with van der Waals surface area (Å²) in [4.78, 5) is 11.2. The van der Waals surface area contributed by atoms with Gasteiger partial charge < -0.3 is 24.8 Å². The summed E-state index contributed by atoms with van der Waals surface area (Å²) in [5.74, 6) is 1.77. The first kappa shape index (κ1) is 19.6. The molecule has 1 atom stereocenters. The van der Waals surface area contributed by atoms with Crippen LogP contribution in [0.3, 0.4) is 0 Å². The molecule has 2 rings (SSSR count). The van der Waals surface area contributed by atoms with Crippen LogP contribution in [0.2, 0.25) is 0 Å². The van der Waals surface area contributed by atoms with Crippen molar-refractivity contribution < 1.29 is 19.0 Å². The van der Waals surface area contributed by atoms with E-state index in [4.69, 9.17) is 14.2 Å². The fourth-order valence-electron chi connectivity index (χ4n) is 2.77. The molecule has 6 heteroatoms. The van der Waals surface area contributed by atoms with Crippen LogP contribution in [0.4, 0.5) is 5.69 Å². The Kier molecular flexibility index (Phi) is 6.86. The number of hydrogen-bond acceptors (Lipinski definition) is 5. The Morgan fingerprint density at radius 3 is 2.38 bits per heavy atom. The zero-order valence-electron chi connectivity index (χ0n) is 15.9. The van der Waals surface area contributed by atoms with Crippen LogP contribution in [0.25, 0.3) is 0 Å². The second-order valence-electron chi connectivity index (χ2n) is 5.90. The molecular formula is C20H26N2O4. The Labute approximate surface area is 154 Å². The molecule has 1 unspecified atom stereocenters. The van der Waals surface area contributed by atoms with Crippen LogP contribution in [-0.4, -0.2) is 27.2 Å². The summed E-state index contributed by atoms with van der Waals surface area (Å²) in [7, 11) is 4.80. The van der Waals surface area contributed by atoms with Crippen LogP contribution >= 0.6 is 0 Å². The van der Waals surface area contributed by atoms with Gasteiger partial charge in [0.1, 0.15) is 0 Å². The van der Waals surface area contributed by atoms with E-state index < -0.39 is 0 Å². The fraction of sp³-hybridized carbons (Fsp3) is 0.350. The lowest BCUT2D eigenvalue weighted by molar-refractivity contribution is -0.114. The highest BCUT2D eigenvalue weighted by Crippen LogP contribution is 2.39. The first-order valence-electron chi connectivity index (χ1n) is 8.39. The van der Waals surface area contributed by atoms with Gasteiger partial charge in [0.2, 0.25) is 11.7 Å². The summed E-state index contributed by atoms with van der Waals surface area (Å²) in [6, 6.07) is 11.7. The topological polar surface area (TPSA) is 68.8 Å². The van der Waals surface area contributed by atoms with Gasteiger partial charge in [-0.05, 0) is 30.7 Å². The molecule has 0 aliphatic heterocycles. The molecule has 6 nitrogen and oxygen atoms in total. The fourth-order valence-corrected chi connectivity index (χ4v) is 2.77. The number of carbonyl (C=O) groups is 1. The second kappa shape index (κ2) is 9.10. The van der Waals surface area contributed by atoms with Crippen LogP contribution in [0, 0.1) is 0 Å². The minimum atomic E-state index is -0.0853. The first-order valence-corrected chi connectivity index (χ1v) is 8.39. The summed E-state index contributed by atoms with van der Waals surface area (Å²) >= 11 is 0. The molecule has 26 heavy (non-hydrogen) atoms. The standard InChI is InChI=1S/C20H26N2O4/c1-13(15-7-6-8-17(11-15)22-14(2)23)21-12-16-9-10-18(24-3)20(26-5)19(16)25-4/h6-11,13,21H,12H2,1-5H3,(H,22,23). The van der Waals surface area contributed by atoms with Crippen molar-refractivity contribution in [3.05, 3.63) is 47.5 Å². The van der Waals surface area contributed by atoms with Crippen LogP contribution in [0.1, 0.15) is 31.0 Å². The van der Waals surface area contributed by atoms with Gasteiger partial charge in [0.15, 0.2) is 11.5 Å². The summed E-state index contributed by atoms with van der Waals surface area (Å²) in [5.41, 5.74) is 2.83. The molecule has 0 saturated carbocycles. The lowest BCUT2D eigenvalue weighted by Crippen LogP contribution is -2.19. The highest BCUT2D eigenvalue weighted by molar-refractivity contribution is 5.88. The third-order valence-corrected chi connectivity index (χ3v) is 4.09. The maximum Gasteiger partial charge on any atom is 0.221 e. The van der Waals surface area contributed by atoms with E-state index in [1.807, 2.05) is 36.4 Å². The Morgan fingerprint density at radius 2 is 1.77 bits per heavy atom. The van der Waals surface area contributed by atoms with E-state index in [9.17, 15) is 4.79 Å². The summed E-state index contributed by atoms with van der Waals surface area (Å²) in [6.45, 7) is 4.16. The molecule has 0 radical (unpaired) electrons. The summed E-state index contributed by atoms with van der Waals surface area (Å²) in [6.07, 6.45) is 0. The van der Waals surface area contributed by atoms with Crippen molar-refractivity contribution in [2.24, 2.45) is 0 Å². The number of hydrogen-bond donors (Lipinski definition) is 2. The van der Waals surface area contributed by atoms with E-state index in [0.29, 0.717) is 23.8 Å². The Bertz CT molecular complexity index is 761. The Balaban J connectivity index is 2.14. The van der Waals surface area contributed by atoms with E-state index in [-0.39, 0.29) is 11.9 Å². The van der Waals surface area contributed by atoms with E-state index in [1.54, 1.807) is 21.3 Å². The van der Waals surface area contributed by atoms with Gasteiger partial charge in [0.05, 0.1) is 21.3 Å². The average Bonchev–Trinajstić information content (AvgIpc) is 2.64. The monoisotopic (exact) mass is 358 g/mol. The third-order valence-electron chi connectivity index (χ3n) is 4.09. The number of ether oxygens (including phenoxy) is 3. The zero-order valence-corrected chi connectivity index (χ0v) is 15.9. The van der Waals surface area contributed by atoms with Crippen molar-refractivity contribution in [3.63, 3.8) is 0 Å². The van der Waals surface area contributed by atoms with Crippen molar-refractivity contribution in [2.45, 2.75) is 26.4 Å². The molecule has 0 spiro atoms. The lowest BCUT2D eigenvalue weighted by atomic mass is 10.1. The average molecular weight is 358 g/mol. The number of amides is 1. The molecule has 0 fully saturated rings. The molecule has 0 aromatic heterocycles. The van der Waals surface area contributed by atoms with E-state index in [2.05, 4.69) is 17.6 Å². The largest absolute Gasteiger partial charge is 0.493 e. The molecule has 140 valence electrons. The normalized spacial score (nSPS) is 11.6. The maximum atomic E-state index is 11.2. The molecule has 0 saturated heterocycles. The van der Waals surface area contributed by atoms with Gasteiger partial charge in [-0.15, -0.1) is 0 Å². The van der Waals surface area contributed by atoms with Gasteiger partial charge in [-0.3, -0.25) is 4.79 Å². The highest BCUT2D eigenvalue weighted by Gasteiger charge is 2.16. The number of carbonyl (C=O) groups excluding carboxylic acids is 1. The molecule has 0 heterocycles. The summed E-state index contributed by atoms with van der Waals surface area (Å²) in [5, 5.41) is 6.27. The third kappa shape index (κ3) is 4.67. The Hall–Kier alpha value is -2.73. The van der Waals surface area contributed by atoms with Gasteiger partial charge in [-0.25, -0.2) is 0 Å². The quantitative estimate of drug-likeness (QED) is 0.756. The minimum absolute atomic E-state index is 0.0847. The summed E-state index contributed by atoms with van der Waals surface area (Å²) < 4.78 is 16.3. The number of benzene rings is 2. The number of anilines is 1. The van der Waals surface area contributed by atoms with Gasteiger partial charge >= 0.3 is 0 Å². The zero-order chi connectivity index (χ0) is 19.1. The van der Waals surface area contributed by atoms with Crippen LogP contribution < -0.4 is 24.8 Å². The van der Waals surface area contributed by atoms with Crippen molar-refractivity contribution in [1.82, 2.24) is 5.32 Å². The highest BCUT2D eigenvalue weighted by atomic mass is 16.5. The minimum Gasteiger partial charge on any atom is -0.493 e. The van der Waals surface area contributed by atoms with Gasteiger partial charge in [0, 0.05) is 30.8 Å². The van der Waals surface area contributed by atoms with Crippen molar-refractivity contribution in [2.75, 3.05) is 26.6 Å². The number of rotatable bonds is 8. The molecule has 0 aliphatic rings. The maximum absolute atomic E-state index is 11.2. The van der Waals surface area contributed by atoms with Gasteiger partial charge in [-0.2, -0.15) is 0 Å².